The fourth-order valence-electron chi connectivity index (χ4n) is 3.77. The monoisotopic (exact) mass is 342 g/mol. The Labute approximate surface area is 154 Å². The number of carbonyl (C=O) groups excluding carboxylic acids is 1. The molecule has 0 fully saturated rings. The molecule has 0 aromatic heterocycles. The maximum atomic E-state index is 13.4. The van der Waals surface area contributed by atoms with Gasteiger partial charge in [-0.1, -0.05) is 85.8 Å². The highest BCUT2D eigenvalue weighted by molar-refractivity contribution is 5.93. The highest BCUT2D eigenvalue weighted by Gasteiger charge is 2.42. The van der Waals surface area contributed by atoms with Gasteiger partial charge in [0.05, 0.1) is 6.04 Å². The van der Waals surface area contributed by atoms with Gasteiger partial charge in [-0.2, -0.15) is 0 Å². The molecule has 2 N–H and O–H groups in total. The molecule has 130 valence electrons. The zero-order chi connectivity index (χ0) is 18.0. The van der Waals surface area contributed by atoms with Crippen LogP contribution in [0.4, 0.5) is 5.69 Å². The van der Waals surface area contributed by atoms with Crippen LogP contribution in [0, 0.1) is 0 Å². The van der Waals surface area contributed by atoms with E-state index in [1.54, 1.807) is 0 Å². The van der Waals surface area contributed by atoms with Crippen LogP contribution < -0.4 is 10.6 Å². The van der Waals surface area contributed by atoms with Crippen molar-refractivity contribution in [3.05, 3.63) is 102 Å². The van der Waals surface area contributed by atoms with E-state index in [0.29, 0.717) is 6.42 Å². The molecule has 3 nitrogen and oxygen atoms in total. The van der Waals surface area contributed by atoms with Crippen molar-refractivity contribution in [2.75, 3.05) is 5.32 Å². The molecule has 3 aromatic rings. The number of carbonyl (C=O) groups is 1. The Hall–Kier alpha value is -3.07. The molecule has 0 spiro atoms. The lowest BCUT2D eigenvalue weighted by Crippen LogP contribution is -2.48. The molecule has 4 rings (SSSR count). The van der Waals surface area contributed by atoms with Crippen molar-refractivity contribution in [1.82, 2.24) is 5.32 Å². The molecule has 1 aliphatic rings. The SMILES string of the molecule is CCC1(c2ccccc2)Nc2ccccc2C(c2ccccc2)NC1=O. The standard InChI is InChI=1S/C23H22N2O/c1-2-23(18-13-7-4-8-14-18)22(26)24-21(17-11-5-3-6-12-17)19-15-9-10-16-20(19)25-23/h3-16,21,25H,2H2,1H3,(H,24,26). The first kappa shape index (κ1) is 16.4. The largest absolute Gasteiger partial charge is 0.367 e. The van der Waals surface area contributed by atoms with Crippen LogP contribution in [0.25, 0.3) is 0 Å². The Morgan fingerprint density at radius 1 is 0.846 bits per heavy atom. The average molecular weight is 342 g/mol. The van der Waals surface area contributed by atoms with E-state index in [1.807, 2.05) is 67.6 Å². The second kappa shape index (κ2) is 6.68. The lowest BCUT2D eigenvalue weighted by Gasteiger charge is -2.32. The number of anilines is 1. The molecule has 1 heterocycles. The Bertz CT molecular complexity index is 908. The molecule has 3 heteroatoms. The van der Waals surface area contributed by atoms with Crippen LogP contribution in [-0.2, 0) is 10.3 Å². The van der Waals surface area contributed by atoms with Gasteiger partial charge in [-0.25, -0.2) is 0 Å². The van der Waals surface area contributed by atoms with Crippen LogP contribution >= 0.6 is 0 Å². The van der Waals surface area contributed by atoms with Crippen molar-refractivity contribution in [2.24, 2.45) is 0 Å². The number of hydrogen-bond acceptors (Lipinski definition) is 2. The van der Waals surface area contributed by atoms with Gasteiger partial charge < -0.3 is 10.6 Å². The highest BCUT2D eigenvalue weighted by Crippen LogP contribution is 2.38. The number of hydrogen-bond donors (Lipinski definition) is 2. The van der Waals surface area contributed by atoms with Crippen molar-refractivity contribution in [3.8, 4) is 0 Å². The number of para-hydroxylation sites is 1. The average Bonchev–Trinajstić information content (AvgIpc) is 2.84. The van der Waals surface area contributed by atoms with Gasteiger partial charge in [-0.15, -0.1) is 0 Å². The normalized spacial score (nSPS) is 21.9. The van der Waals surface area contributed by atoms with Gasteiger partial charge in [0.2, 0.25) is 0 Å². The summed E-state index contributed by atoms with van der Waals surface area (Å²) in [6.07, 6.45) is 0.651. The first-order chi connectivity index (χ1) is 12.7. The number of rotatable bonds is 3. The summed E-state index contributed by atoms with van der Waals surface area (Å²) >= 11 is 0. The zero-order valence-corrected chi connectivity index (χ0v) is 14.8. The lowest BCUT2D eigenvalue weighted by atomic mass is 9.86. The van der Waals surface area contributed by atoms with Crippen LogP contribution in [0.3, 0.4) is 0 Å². The third-order valence-corrected chi connectivity index (χ3v) is 5.21. The predicted molar refractivity (Wildman–Crippen MR) is 105 cm³/mol. The molecule has 0 saturated heterocycles. The number of benzene rings is 3. The van der Waals surface area contributed by atoms with E-state index in [0.717, 1.165) is 22.4 Å². The van der Waals surface area contributed by atoms with Gasteiger partial charge in [-0.3, -0.25) is 4.79 Å². The second-order valence-electron chi connectivity index (χ2n) is 6.65. The Balaban J connectivity index is 1.88. The van der Waals surface area contributed by atoms with E-state index in [2.05, 4.69) is 34.9 Å². The molecule has 0 aliphatic carbocycles. The summed E-state index contributed by atoms with van der Waals surface area (Å²) in [6.45, 7) is 2.05. The molecular weight excluding hydrogens is 320 g/mol. The minimum Gasteiger partial charge on any atom is -0.367 e. The molecular formula is C23H22N2O. The summed E-state index contributed by atoms with van der Waals surface area (Å²) < 4.78 is 0. The molecule has 1 aliphatic heterocycles. The minimum absolute atomic E-state index is 0.00347. The first-order valence-corrected chi connectivity index (χ1v) is 9.03. The number of fused-ring (bicyclic) bond motifs is 1. The smallest absolute Gasteiger partial charge is 0.251 e. The van der Waals surface area contributed by atoms with Crippen LogP contribution in [0.5, 0.6) is 0 Å². The van der Waals surface area contributed by atoms with Crippen molar-refractivity contribution in [1.29, 1.82) is 0 Å². The van der Waals surface area contributed by atoms with E-state index in [-0.39, 0.29) is 11.9 Å². The van der Waals surface area contributed by atoms with Gasteiger partial charge >= 0.3 is 0 Å². The topological polar surface area (TPSA) is 41.1 Å². The summed E-state index contributed by atoms with van der Waals surface area (Å²) in [7, 11) is 0. The summed E-state index contributed by atoms with van der Waals surface area (Å²) in [6, 6.07) is 28.1. The number of nitrogens with one attached hydrogen (secondary N) is 2. The predicted octanol–water partition coefficient (Wildman–Crippen LogP) is 4.62. The van der Waals surface area contributed by atoms with Crippen molar-refractivity contribution in [2.45, 2.75) is 24.9 Å². The van der Waals surface area contributed by atoms with Crippen LogP contribution in [-0.4, -0.2) is 5.91 Å². The van der Waals surface area contributed by atoms with Crippen molar-refractivity contribution >= 4 is 11.6 Å². The zero-order valence-electron chi connectivity index (χ0n) is 14.8. The van der Waals surface area contributed by atoms with E-state index in [9.17, 15) is 4.79 Å². The van der Waals surface area contributed by atoms with E-state index in [1.165, 1.54) is 0 Å². The molecule has 26 heavy (non-hydrogen) atoms. The highest BCUT2D eigenvalue weighted by atomic mass is 16.2. The van der Waals surface area contributed by atoms with Gasteiger partial charge in [-0.05, 0) is 23.6 Å². The van der Waals surface area contributed by atoms with Crippen LogP contribution in [0.15, 0.2) is 84.9 Å². The third-order valence-electron chi connectivity index (χ3n) is 5.21. The Morgan fingerprint density at radius 3 is 2.15 bits per heavy atom. The Morgan fingerprint density at radius 2 is 1.46 bits per heavy atom. The number of amides is 1. The summed E-state index contributed by atoms with van der Waals surface area (Å²) in [5.41, 5.74) is 3.34. The van der Waals surface area contributed by atoms with Gasteiger partial charge in [0.15, 0.2) is 0 Å². The Kier molecular flexibility index (Phi) is 4.21. The molecule has 1 amide bonds. The minimum atomic E-state index is -0.791. The maximum absolute atomic E-state index is 13.4. The van der Waals surface area contributed by atoms with Crippen LogP contribution in [0.1, 0.15) is 36.1 Å². The summed E-state index contributed by atoms with van der Waals surface area (Å²) in [4.78, 5) is 13.4. The van der Waals surface area contributed by atoms with Crippen LogP contribution in [0.2, 0.25) is 0 Å². The molecule has 2 unspecified atom stereocenters. The van der Waals surface area contributed by atoms with E-state index in [4.69, 9.17) is 0 Å². The van der Waals surface area contributed by atoms with Gasteiger partial charge in [0.1, 0.15) is 5.54 Å². The van der Waals surface area contributed by atoms with Crippen molar-refractivity contribution in [3.63, 3.8) is 0 Å². The molecule has 0 bridgehead atoms. The van der Waals surface area contributed by atoms with E-state index >= 15 is 0 Å². The van der Waals surface area contributed by atoms with Crippen molar-refractivity contribution < 1.29 is 4.79 Å². The lowest BCUT2D eigenvalue weighted by molar-refractivity contribution is -0.126. The van der Waals surface area contributed by atoms with Gasteiger partial charge in [0, 0.05) is 11.3 Å². The maximum Gasteiger partial charge on any atom is 0.251 e. The fourth-order valence-corrected chi connectivity index (χ4v) is 3.77. The molecule has 2 atom stereocenters. The fraction of sp³-hybridized carbons (Fsp3) is 0.174. The molecule has 0 radical (unpaired) electrons. The molecule has 3 aromatic carbocycles. The second-order valence-corrected chi connectivity index (χ2v) is 6.65. The van der Waals surface area contributed by atoms with Gasteiger partial charge in [0.25, 0.3) is 5.91 Å². The van der Waals surface area contributed by atoms with E-state index < -0.39 is 5.54 Å². The summed E-state index contributed by atoms with van der Waals surface area (Å²) in [5.74, 6) is -0.00347. The third kappa shape index (κ3) is 2.66. The molecule has 0 saturated carbocycles. The quantitative estimate of drug-likeness (QED) is 0.729. The summed E-state index contributed by atoms with van der Waals surface area (Å²) in [5, 5.41) is 6.87. The first-order valence-electron chi connectivity index (χ1n) is 9.03.